The van der Waals surface area contributed by atoms with Crippen LogP contribution in [0.25, 0.3) is 0 Å². The number of hydrogen-bond acceptors (Lipinski definition) is 0. The van der Waals surface area contributed by atoms with Gasteiger partial charge in [-0.15, -0.1) is 0 Å². The van der Waals surface area contributed by atoms with Crippen molar-refractivity contribution in [3.05, 3.63) is 48.2 Å². The average molecular weight is 172 g/mol. The van der Waals surface area contributed by atoms with Crippen molar-refractivity contribution in [3.8, 4) is 0 Å². The lowest BCUT2D eigenvalue weighted by atomic mass is 9.89. The molecule has 1 nitrogen and oxygen atoms in total. The molecule has 2 atom stereocenters. The third-order valence-electron chi connectivity index (χ3n) is 2.61. The first-order chi connectivity index (χ1) is 6.38. The zero-order chi connectivity index (χ0) is 9.10. The highest BCUT2D eigenvalue weighted by atomic mass is 14.7. The SMILES string of the molecule is CC(c1ccccc1)C1C=C[NH+]=C1. The van der Waals surface area contributed by atoms with Crippen LogP contribution in [0.4, 0.5) is 0 Å². The van der Waals surface area contributed by atoms with Crippen LogP contribution in [-0.2, 0) is 0 Å². The van der Waals surface area contributed by atoms with Crippen molar-refractivity contribution < 1.29 is 4.99 Å². The lowest BCUT2D eigenvalue weighted by molar-refractivity contribution is -0.363. The fourth-order valence-corrected chi connectivity index (χ4v) is 1.68. The molecule has 1 aliphatic heterocycles. The minimum atomic E-state index is 0.530. The van der Waals surface area contributed by atoms with Gasteiger partial charge in [0.2, 0.25) is 0 Å². The second kappa shape index (κ2) is 3.56. The molecule has 0 aromatic heterocycles. The van der Waals surface area contributed by atoms with Crippen LogP contribution in [0.5, 0.6) is 0 Å². The molecule has 1 aromatic carbocycles. The lowest BCUT2D eigenvalue weighted by Gasteiger charge is -2.12. The Kier molecular flexibility index (Phi) is 2.26. The van der Waals surface area contributed by atoms with Gasteiger partial charge in [-0.3, -0.25) is 0 Å². The number of benzene rings is 1. The summed E-state index contributed by atoms with van der Waals surface area (Å²) in [5.41, 5.74) is 1.40. The minimum absolute atomic E-state index is 0.530. The highest BCUT2D eigenvalue weighted by Crippen LogP contribution is 2.23. The highest BCUT2D eigenvalue weighted by molar-refractivity contribution is 5.61. The van der Waals surface area contributed by atoms with E-state index in [0.29, 0.717) is 11.8 Å². The molecular weight excluding hydrogens is 158 g/mol. The van der Waals surface area contributed by atoms with E-state index in [9.17, 15) is 0 Å². The van der Waals surface area contributed by atoms with Gasteiger partial charge in [0.05, 0.1) is 5.92 Å². The van der Waals surface area contributed by atoms with E-state index < -0.39 is 0 Å². The van der Waals surface area contributed by atoms with E-state index in [1.165, 1.54) is 5.56 Å². The van der Waals surface area contributed by atoms with Crippen LogP contribution in [0, 0.1) is 5.92 Å². The third kappa shape index (κ3) is 1.69. The minimum Gasteiger partial charge on any atom is -0.221 e. The van der Waals surface area contributed by atoms with Crippen molar-refractivity contribution in [3.63, 3.8) is 0 Å². The van der Waals surface area contributed by atoms with Crippen molar-refractivity contribution in [1.82, 2.24) is 0 Å². The monoisotopic (exact) mass is 172 g/mol. The van der Waals surface area contributed by atoms with Gasteiger partial charge in [-0.05, 0) is 17.6 Å². The van der Waals surface area contributed by atoms with E-state index in [1.54, 1.807) is 0 Å². The number of rotatable bonds is 2. The van der Waals surface area contributed by atoms with Gasteiger partial charge < -0.3 is 0 Å². The average Bonchev–Trinajstić information content (AvgIpc) is 2.71. The second-order valence-electron chi connectivity index (χ2n) is 3.47. The van der Waals surface area contributed by atoms with Crippen LogP contribution < -0.4 is 4.99 Å². The molecule has 13 heavy (non-hydrogen) atoms. The van der Waals surface area contributed by atoms with Crippen LogP contribution in [-0.4, -0.2) is 6.21 Å². The molecule has 0 saturated carbocycles. The molecule has 1 heteroatoms. The molecule has 2 unspecified atom stereocenters. The largest absolute Gasteiger partial charge is 0.221 e. The maximum absolute atomic E-state index is 3.12. The number of allylic oxidation sites excluding steroid dienone is 1. The predicted molar refractivity (Wildman–Crippen MR) is 54.5 cm³/mol. The molecule has 0 radical (unpaired) electrons. The molecule has 1 N–H and O–H groups in total. The Bertz CT molecular complexity index is 312. The van der Waals surface area contributed by atoms with Gasteiger partial charge >= 0.3 is 0 Å². The van der Waals surface area contributed by atoms with Crippen molar-refractivity contribution in [1.29, 1.82) is 0 Å². The van der Waals surface area contributed by atoms with Crippen LogP contribution >= 0.6 is 0 Å². The molecule has 0 amide bonds. The Morgan fingerprint density at radius 2 is 2.00 bits per heavy atom. The molecule has 0 saturated heterocycles. The van der Waals surface area contributed by atoms with Crippen LogP contribution in [0.1, 0.15) is 18.4 Å². The van der Waals surface area contributed by atoms with Gasteiger partial charge in [0.15, 0.2) is 12.4 Å². The summed E-state index contributed by atoms with van der Waals surface area (Å²) in [7, 11) is 0. The molecule has 0 aliphatic carbocycles. The van der Waals surface area contributed by atoms with Crippen LogP contribution in [0.15, 0.2) is 42.6 Å². The Hall–Kier alpha value is -1.37. The fourth-order valence-electron chi connectivity index (χ4n) is 1.68. The molecule has 1 heterocycles. The second-order valence-corrected chi connectivity index (χ2v) is 3.47. The van der Waals surface area contributed by atoms with Gasteiger partial charge in [-0.2, -0.15) is 0 Å². The third-order valence-corrected chi connectivity index (χ3v) is 2.61. The molecule has 1 aliphatic rings. The maximum Gasteiger partial charge on any atom is 0.163 e. The van der Waals surface area contributed by atoms with Gasteiger partial charge in [-0.1, -0.05) is 37.3 Å². The summed E-state index contributed by atoms with van der Waals surface area (Å²) in [6.45, 7) is 2.26. The van der Waals surface area contributed by atoms with E-state index in [-0.39, 0.29) is 0 Å². The molecule has 2 rings (SSSR count). The van der Waals surface area contributed by atoms with Crippen molar-refractivity contribution in [2.45, 2.75) is 12.8 Å². The molecular formula is C12H14N+. The predicted octanol–water partition coefficient (Wildman–Crippen LogP) is 1.08. The van der Waals surface area contributed by atoms with Gasteiger partial charge in [0.25, 0.3) is 0 Å². The first kappa shape index (κ1) is 8.24. The summed E-state index contributed by atoms with van der Waals surface area (Å²) in [5, 5.41) is 0. The molecule has 0 bridgehead atoms. The van der Waals surface area contributed by atoms with Crippen molar-refractivity contribution >= 4 is 6.21 Å². The normalized spacial score (nSPS) is 22.1. The zero-order valence-electron chi connectivity index (χ0n) is 7.77. The summed E-state index contributed by atoms with van der Waals surface area (Å²) >= 11 is 0. The van der Waals surface area contributed by atoms with Gasteiger partial charge in [0.1, 0.15) is 0 Å². The Balaban J connectivity index is 2.18. The first-order valence-electron chi connectivity index (χ1n) is 4.69. The summed E-state index contributed by atoms with van der Waals surface area (Å²) in [6.07, 6.45) is 6.35. The summed E-state index contributed by atoms with van der Waals surface area (Å²) < 4.78 is 0. The van der Waals surface area contributed by atoms with Gasteiger partial charge in [0, 0.05) is 0 Å². The zero-order valence-corrected chi connectivity index (χ0v) is 7.77. The number of hydrogen-bond donors (Lipinski definition) is 1. The van der Waals surface area contributed by atoms with Gasteiger partial charge in [-0.25, -0.2) is 4.99 Å². The summed E-state index contributed by atoms with van der Waals surface area (Å²) in [4.78, 5) is 3.12. The summed E-state index contributed by atoms with van der Waals surface area (Å²) in [6, 6.07) is 10.6. The lowest BCUT2D eigenvalue weighted by Crippen LogP contribution is -2.59. The molecule has 0 fully saturated rings. The Morgan fingerprint density at radius 1 is 1.23 bits per heavy atom. The molecule has 0 spiro atoms. The number of nitrogens with one attached hydrogen (secondary N) is 1. The van der Waals surface area contributed by atoms with E-state index >= 15 is 0 Å². The smallest absolute Gasteiger partial charge is 0.163 e. The summed E-state index contributed by atoms with van der Waals surface area (Å²) in [5.74, 6) is 1.09. The Morgan fingerprint density at radius 3 is 2.62 bits per heavy atom. The quantitative estimate of drug-likeness (QED) is 0.686. The fraction of sp³-hybridized carbons (Fsp3) is 0.250. The molecule has 66 valence electrons. The Labute approximate surface area is 78.8 Å². The highest BCUT2D eigenvalue weighted by Gasteiger charge is 2.19. The topological polar surface area (TPSA) is 14.0 Å². The maximum atomic E-state index is 3.12. The van der Waals surface area contributed by atoms with E-state index in [1.807, 2.05) is 6.20 Å². The van der Waals surface area contributed by atoms with Crippen molar-refractivity contribution in [2.24, 2.45) is 5.92 Å². The van der Waals surface area contributed by atoms with E-state index in [0.717, 1.165) is 0 Å². The van der Waals surface area contributed by atoms with Crippen LogP contribution in [0.3, 0.4) is 0 Å². The van der Waals surface area contributed by atoms with E-state index in [2.05, 4.69) is 54.5 Å². The van der Waals surface area contributed by atoms with Crippen LogP contribution in [0.2, 0.25) is 0 Å². The first-order valence-corrected chi connectivity index (χ1v) is 4.69. The van der Waals surface area contributed by atoms with E-state index in [4.69, 9.17) is 0 Å². The standard InChI is InChI=1S/C12H13N/c1-10(12-7-8-13-9-12)11-5-3-2-4-6-11/h2-10,12H,1H3/p+1. The van der Waals surface area contributed by atoms with Crippen molar-refractivity contribution in [2.75, 3.05) is 0 Å². The molecule has 1 aromatic rings.